The van der Waals surface area contributed by atoms with Gasteiger partial charge in [0.15, 0.2) is 11.5 Å². The number of ether oxygens (including phenoxy) is 2. The van der Waals surface area contributed by atoms with Gasteiger partial charge in [0.2, 0.25) is 5.95 Å². The van der Waals surface area contributed by atoms with Crippen LogP contribution in [0.3, 0.4) is 0 Å². The fourth-order valence-electron chi connectivity index (χ4n) is 3.69. The quantitative estimate of drug-likeness (QED) is 0.437. The number of anilines is 3. The second-order valence-corrected chi connectivity index (χ2v) is 7.72. The minimum Gasteiger partial charge on any atom is -0.493 e. The van der Waals surface area contributed by atoms with Gasteiger partial charge in [0, 0.05) is 43.4 Å². The maximum absolute atomic E-state index is 6.03. The predicted octanol–water partition coefficient (Wildman–Crippen LogP) is 4.10. The van der Waals surface area contributed by atoms with Gasteiger partial charge in [-0.3, -0.25) is 4.98 Å². The summed E-state index contributed by atoms with van der Waals surface area (Å²) in [6.07, 6.45) is 8.93. The van der Waals surface area contributed by atoms with Gasteiger partial charge in [0.05, 0.1) is 13.7 Å². The molecule has 1 aliphatic heterocycles. The average molecular weight is 435 g/mol. The second kappa shape index (κ2) is 11.3. The number of hydrogen-bond acceptors (Lipinski definition) is 8. The summed E-state index contributed by atoms with van der Waals surface area (Å²) in [5.41, 5.74) is 1.92. The third kappa shape index (κ3) is 6.31. The Labute approximate surface area is 189 Å². The zero-order valence-electron chi connectivity index (χ0n) is 18.5. The first-order chi connectivity index (χ1) is 15.8. The molecule has 3 heterocycles. The fraction of sp³-hybridized carbons (Fsp3) is 0.375. The van der Waals surface area contributed by atoms with Crippen LogP contribution in [0.1, 0.15) is 24.8 Å². The molecular formula is C24H30N6O2. The van der Waals surface area contributed by atoms with E-state index in [1.54, 1.807) is 19.5 Å². The van der Waals surface area contributed by atoms with Crippen LogP contribution in [-0.2, 0) is 6.54 Å². The first kappa shape index (κ1) is 21.8. The predicted molar refractivity (Wildman–Crippen MR) is 126 cm³/mol. The van der Waals surface area contributed by atoms with Crippen molar-refractivity contribution in [2.24, 2.45) is 0 Å². The van der Waals surface area contributed by atoms with E-state index in [1.807, 2.05) is 42.6 Å². The molecule has 168 valence electrons. The molecular weight excluding hydrogens is 404 g/mol. The van der Waals surface area contributed by atoms with Crippen molar-refractivity contribution in [2.45, 2.75) is 25.8 Å². The molecule has 8 nitrogen and oxygen atoms in total. The zero-order chi connectivity index (χ0) is 22.0. The standard InChI is InChI=1S/C24H30N6O2/c1-31-21-8-7-20(16-22(21)32-15-5-14-30-12-2-3-13-30)28-24-26-11-9-23(29-24)27-18-19-6-4-10-25-17-19/h4,6-11,16-17H,2-3,5,12-15,18H2,1H3,(H2,26,27,28,29). The van der Waals surface area contributed by atoms with Crippen molar-refractivity contribution >= 4 is 17.5 Å². The number of aromatic nitrogens is 3. The molecule has 0 radical (unpaired) electrons. The van der Waals surface area contributed by atoms with E-state index in [9.17, 15) is 0 Å². The Morgan fingerprint density at radius 3 is 2.78 bits per heavy atom. The minimum absolute atomic E-state index is 0.506. The van der Waals surface area contributed by atoms with Crippen LogP contribution in [0.25, 0.3) is 0 Å². The zero-order valence-corrected chi connectivity index (χ0v) is 18.5. The molecule has 0 unspecified atom stereocenters. The summed E-state index contributed by atoms with van der Waals surface area (Å²) in [6, 6.07) is 11.5. The third-order valence-electron chi connectivity index (χ3n) is 5.35. The molecule has 3 aromatic rings. The summed E-state index contributed by atoms with van der Waals surface area (Å²) in [4.78, 5) is 15.5. The first-order valence-electron chi connectivity index (χ1n) is 11.1. The lowest BCUT2D eigenvalue weighted by Gasteiger charge is -2.16. The number of rotatable bonds is 11. The summed E-state index contributed by atoms with van der Waals surface area (Å²) >= 11 is 0. The van der Waals surface area contributed by atoms with Crippen molar-refractivity contribution in [1.82, 2.24) is 19.9 Å². The van der Waals surface area contributed by atoms with E-state index in [2.05, 4.69) is 30.5 Å². The highest BCUT2D eigenvalue weighted by atomic mass is 16.5. The molecule has 0 atom stereocenters. The molecule has 8 heteroatoms. The topological polar surface area (TPSA) is 84.4 Å². The van der Waals surface area contributed by atoms with E-state index < -0.39 is 0 Å². The molecule has 0 spiro atoms. The van der Waals surface area contributed by atoms with Crippen LogP contribution in [-0.4, -0.2) is 53.2 Å². The van der Waals surface area contributed by atoms with Crippen molar-refractivity contribution in [2.75, 3.05) is 44.0 Å². The SMILES string of the molecule is COc1ccc(Nc2nccc(NCc3cccnc3)n2)cc1OCCCN1CCCC1. The molecule has 32 heavy (non-hydrogen) atoms. The Kier molecular flexibility index (Phi) is 7.70. The van der Waals surface area contributed by atoms with Gasteiger partial charge in [0.1, 0.15) is 5.82 Å². The van der Waals surface area contributed by atoms with E-state index in [-0.39, 0.29) is 0 Å². The molecule has 0 saturated carbocycles. The average Bonchev–Trinajstić information content (AvgIpc) is 3.35. The van der Waals surface area contributed by atoms with Crippen molar-refractivity contribution in [3.8, 4) is 11.5 Å². The molecule has 0 bridgehead atoms. The minimum atomic E-state index is 0.506. The lowest BCUT2D eigenvalue weighted by atomic mass is 10.2. The number of benzene rings is 1. The largest absolute Gasteiger partial charge is 0.493 e. The molecule has 1 fully saturated rings. The Morgan fingerprint density at radius 1 is 1.06 bits per heavy atom. The van der Waals surface area contributed by atoms with E-state index >= 15 is 0 Å². The molecule has 1 saturated heterocycles. The number of hydrogen-bond donors (Lipinski definition) is 2. The third-order valence-corrected chi connectivity index (χ3v) is 5.35. The highest BCUT2D eigenvalue weighted by Crippen LogP contribution is 2.31. The van der Waals surface area contributed by atoms with Crippen LogP contribution >= 0.6 is 0 Å². The molecule has 2 aromatic heterocycles. The molecule has 1 aromatic carbocycles. The van der Waals surface area contributed by atoms with Crippen molar-refractivity contribution in [3.05, 3.63) is 60.6 Å². The molecule has 4 rings (SSSR count). The summed E-state index contributed by atoms with van der Waals surface area (Å²) in [5, 5.41) is 6.55. The Bertz CT molecular complexity index is 979. The van der Waals surface area contributed by atoms with Crippen molar-refractivity contribution in [1.29, 1.82) is 0 Å². The number of nitrogens with one attached hydrogen (secondary N) is 2. The van der Waals surface area contributed by atoms with Gasteiger partial charge < -0.3 is 25.0 Å². The van der Waals surface area contributed by atoms with Gasteiger partial charge in [-0.25, -0.2) is 4.98 Å². The van der Waals surface area contributed by atoms with Crippen LogP contribution in [0, 0.1) is 0 Å². The van der Waals surface area contributed by atoms with Crippen LogP contribution in [0.15, 0.2) is 55.0 Å². The summed E-state index contributed by atoms with van der Waals surface area (Å²) in [7, 11) is 1.65. The number of pyridine rings is 1. The number of likely N-dealkylation sites (tertiary alicyclic amines) is 1. The molecule has 1 aliphatic rings. The van der Waals surface area contributed by atoms with Crippen LogP contribution in [0.2, 0.25) is 0 Å². The summed E-state index contributed by atoms with van der Waals surface area (Å²) in [5.74, 6) is 2.67. The van der Waals surface area contributed by atoms with Gasteiger partial charge in [-0.05, 0) is 62.2 Å². The van der Waals surface area contributed by atoms with E-state index in [0.29, 0.717) is 30.6 Å². The lowest BCUT2D eigenvalue weighted by Crippen LogP contribution is -2.21. The van der Waals surface area contributed by atoms with Crippen LogP contribution in [0.4, 0.5) is 17.5 Å². The van der Waals surface area contributed by atoms with E-state index in [4.69, 9.17) is 9.47 Å². The Morgan fingerprint density at radius 2 is 1.97 bits per heavy atom. The normalized spacial score (nSPS) is 13.7. The summed E-state index contributed by atoms with van der Waals surface area (Å²) < 4.78 is 11.5. The van der Waals surface area contributed by atoms with Gasteiger partial charge in [-0.1, -0.05) is 6.07 Å². The second-order valence-electron chi connectivity index (χ2n) is 7.72. The number of methoxy groups -OCH3 is 1. The van der Waals surface area contributed by atoms with Crippen molar-refractivity contribution in [3.63, 3.8) is 0 Å². The molecule has 2 N–H and O–H groups in total. The van der Waals surface area contributed by atoms with Gasteiger partial charge in [-0.15, -0.1) is 0 Å². The van der Waals surface area contributed by atoms with Crippen LogP contribution < -0.4 is 20.1 Å². The molecule has 0 amide bonds. The van der Waals surface area contributed by atoms with Crippen molar-refractivity contribution < 1.29 is 9.47 Å². The van der Waals surface area contributed by atoms with Gasteiger partial charge in [-0.2, -0.15) is 4.98 Å². The maximum atomic E-state index is 6.03. The Hall–Kier alpha value is -3.39. The monoisotopic (exact) mass is 434 g/mol. The number of nitrogens with zero attached hydrogens (tertiary/aromatic N) is 4. The van der Waals surface area contributed by atoms with E-state index in [0.717, 1.165) is 30.0 Å². The smallest absolute Gasteiger partial charge is 0.229 e. The van der Waals surface area contributed by atoms with Gasteiger partial charge >= 0.3 is 0 Å². The Balaban J connectivity index is 1.34. The first-order valence-corrected chi connectivity index (χ1v) is 11.1. The summed E-state index contributed by atoms with van der Waals surface area (Å²) in [6.45, 7) is 4.79. The molecule has 0 aliphatic carbocycles. The van der Waals surface area contributed by atoms with Gasteiger partial charge in [0.25, 0.3) is 0 Å². The maximum Gasteiger partial charge on any atom is 0.229 e. The highest BCUT2D eigenvalue weighted by Gasteiger charge is 2.11. The fourth-order valence-corrected chi connectivity index (χ4v) is 3.69. The highest BCUT2D eigenvalue weighted by molar-refractivity contribution is 5.60. The van der Waals surface area contributed by atoms with Crippen LogP contribution in [0.5, 0.6) is 11.5 Å². The van der Waals surface area contributed by atoms with E-state index in [1.165, 1.54) is 25.9 Å². The lowest BCUT2D eigenvalue weighted by molar-refractivity contribution is 0.254.